The van der Waals surface area contributed by atoms with Gasteiger partial charge in [0.1, 0.15) is 5.01 Å². The molecule has 0 spiro atoms. The molecule has 7 heteroatoms. The number of nitrogens with zero attached hydrogens (tertiary/aromatic N) is 3. The third-order valence-corrected chi connectivity index (χ3v) is 3.56. The van der Waals surface area contributed by atoms with Crippen LogP contribution in [0.25, 0.3) is 0 Å². The lowest BCUT2D eigenvalue weighted by Crippen LogP contribution is -2.34. The smallest absolute Gasteiger partial charge is 0.219 e. The van der Waals surface area contributed by atoms with Gasteiger partial charge in [0.25, 0.3) is 0 Å². The maximum absolute atomic E-state index is 5.28. The highest BCUT2D eigenvalue weighted by molar-refractivity contribution is 7.15. The highest BCUT2D eigenvalue weighted by Gasteiger charge is 2.14. The van der Waals surface area contributed by atoms with Crippen molar-refractivity contribution in [1.29, 1.82) is 0 Å². The van der Waals surface area contributed by atoms with Gasteiger partial charge in [0.15, 0.2) is 0 Å². The van der Waals surface area contributed by atoms with E-state index in [0.717, 1.165) is 31.1 Å². The SMILES string of the molecule is CCC(C)N(CCOC)Cc1nnc(NN)s1. The van der Waals surface area contributed by atoms with Crippen molar-refractivity contribution in [2.45, 2.75) is 32.9 Å². The summed E-state index contributed by atoms with van der Waals surface area (Å²) in [5, 5.41) is 9.64. The van der Waals surface area contributed by atoms with Crippen LogP contribution in [0.15, 0.2) is 0 Å². The number of nitrogens with two attached hydrogens (primary N) is 1. The summed E-state index contributed by atoms with van der Waals surface area (Å²) in [6.07, 6.45) is 1.10. The number of nitrogens with one attached hydrogen (secondary N) is 1. The van der Waals surface area contributed by atoms with Gasteiger partial charge in [-0.2, -0.15) is 0 Å². The van der Waals surface area contributed by atoms with Crippen molar-refractivity contribution in [3.8, 4) is 0 Å². The molecule has 98 valence electrons. The Morgan fingerprint density at radius 1 is 1.53 bits per heavy atom. The molecular weight excluding hydrogens is 238 g/mol. The Hall–Kier alpha value is -0.760. The van der Waals surface area contributed by atoms with Crippen molar-refractivity contribution in [3.05, 3.63) is 5.01 Å². The minimum absolute atomic E-state index is 0.503. The highest BCUT2D eigenvalue weighted by Crippen LogP contribution is 2.17. The summed E-state index contributed by atoms with van der Waals surface area (Å²) in [7, 11) is 1.72. The summed E-state index contributed by atoms with van der Waals surface area (Å²) >= 11 is 1.48. The number of nitrogen functional groups attached to an aromatic ring is 1. The second-order valence-electron chi connectivity index (χ2n) is 3.87. The first-order valence-electron chi connectivity index (χ1n) is 5.73. The molecule has 0 radical (unpaired) electrons. The Labute approximate surface area is 106 Å². The van der Waals surface area contributed by atoms with Gasteiger partial charge in [-0.15, -0.1) is 10.2 Å². The predicted molar refractivity (Wildman–Crippen MR) is 69.8 cm³/mol. The summed E-state index contributed by atoms with van der Waals surface area (Å²) in [5.41, 5.74) is 2.51. The van der Waals surface area contributed by atoms with Crippen LogP contribution in [0.3, 0.4) is 0 Å². The lowest BCUT2D eigenvalue weighted by Gasteiger charge is -2.26. The second kappa shape index (κ2) is 7.54. The van der Waals surface area contributed by atoms with Gasteiger partial charge in [0.05, 0.1) is 13.2 Å². The van der Waals surface area contributed by atoms with E-state index in [9.17, 15) is 0 Å². The van der Waals surface area contributed by atoms with Gasteiger partial charge >= 0.3 is 0 Å². The lowest BCUT2D eigenvalue weighted by molar-refractivity contribution is 0.118. The minimum Gasteiger partial charge on any atom is -0.383 e. The molecule has 3 N–H and O–H groups in total. The molecule has 0 saturated carbocycles. The van der Waals surface area contributed by atoms with Crippen LogP contribution in [0.5, 0.6) is 0 Å². The number of ether oxygens (including phenoxy) is 1. The van der Waals surface area contributed by atoms with Crippen LogP contribution < -0.4 is 11.3 Å². The molecule has 0 saturated heterocycles. The lowest BCUT2D eigenvalue weighted by atomic mass is 10.2. The van der Waals surface area contributed by atoms with Crippen molar-refractivity contribution in [3.63, 3.8) is 0 Å². The monoisotopic (exact) mass is 259 g/mol. The van der Waals surface area contributed by atoms with Crippen LogP contribution >= 0.6 is 11.3 Å². The summed E-state index contributed by atoms with van der Waals surface area (Å²) in [6, 6.07) is 0.503. The predicted octanol–water partition coefficient (Wildman–Crippen LogP) is 1.07. The van der Waals surface area contributed by atoms with Crippen LogP contribution in [-0.4, -0.2) is 41.4 Å². The molecule has 1 aromatic rings. The van der Waals surface area contributed by atoms with Gasteiger partial charge in [0, 0.05) is 19.7 Å². The molecule has 1 rings (SSSR count). The summed E-state index contributed by atoms with van der Waals surface area (Å²) in [6.45, 7) is 6.80. The van der Waals surface area contributed by atoms with Gasteiger partial charge in [-0.1, -0.05) is 18.3 Å². The molecule has 17 heavy (non-hydrogen) atoms. The van der Waals surface area contributed by atoms with Crippen LogP contribution in [-0.2, 0) is 11.3 Å². The first kappa shape index (κ1) is 14.3. The van der Waals surface area contributed by atoms with Gasteiger partial charge in [-0.3, -0.25) is 10.3 Å². The molecule has 0 fully saturated rings. The van der Waals surface area contributed by atoms with E-state index in [0.29, 0.717) is 11.2 Å². The fourth-order valence-electron chi connectivity index (χ4n) is 1.47. The number of methoxy groups -OCH3 is 1. The zero-order valence-electron chi connectivity index (χ0n) is 10.6. The first-order chi connectivity index (χ1) is 8.21. The van der Waals surface area contributed by atoms with Crippen LogP contribution in [0, 0.1) is 0 Å². The van der Waals surface area contributed by atoms with Crippen LogP contribution in [0.1, 0.15) is 25.3 Å². The largest absolute Gasteiger partial charge is 0.383 e. The molecule has 1 aromatic heterocycles. The molecule has 0 aliphatic rings. The number of aromatic nitrogens is 2. The molecule has 0 bridgehead atoms. The Balaban J connectivity index is 2.57. The molecule has 1 heterocycles. The standard InChI is InChI=1S/C10H21N5OS/c1-4-8(2)15(5-6-16-3)7-9-13-14-10(12-11)17-9/h8H,4-7,11H2,1-3H3,(H,12,14). The minimum atomic E-state index is 0.503. The Kier molecular flexibility index (Phi) is 6.35. The maximum atomic E-state index is 5.28. The van der Waals surface area contributed by atoms with E-state index in [1.807, 2.05) is 0 Å². The third-order valence-electron chi connectivity index (χ3n) is 2.73. The number of rotatable bonds is 8. The van der Waals surface area contributed by atoms with Crippen LogP contribution in [0.4, 0.5) is 5.13 Å². The van der Waals surface area contributed by atoms with E-state index in [1.165, 1.54) is 11.3 Å². The van der Waals surface area contributed by atoms with Crippen molar-refractivity contribution in [2.75, 3.05) is 25.7 Å². The first-order valence-corrected chi connectivity index (χ1v) is 6.54. The van der Waals surface area contributed by atoms with E-state index in [4.69, 9.17) is 10.6 Å². The maximum Gasteiger partial charge on any atom is 0.219 e. The molecular formula is C10H21N5OS. The van der Waals surface area contributed by atoms with Gasteiger partial charge < -0.3 is 4.74 Å². The summed E-state index contributed by atoms with van der Waals surface area (Å²) in [5.74, 6) is 5.28. The molecule has 0 aliphatic carbocycles. The van der Waals surface area contributed by atoms with Gasteiger partial charge in [-0.25, -0.2) is 5.84 Å². The third kappa shape index (κ3) is 4.55. The van der Waals surface area contributed by atoms with Crippen molar-refractivity contribution < 1.29 is 4.74 Å². The normalized spacial score (nSPS) is 13.0. The van der Waals surface area contributed by atoms with Gasteiger partial charge in [-0.05, 0) is 13.3 Å². The van der Waals surface area contributed by atoms with E-state index in [-0.39, 0.29) is 0 Å². The summed E-state index contributed by atoms with van der Waals surface area (Å²) in [4.78, 5) is 2.34. The van der Waals surface area contributed by atoms with Crippen LogP contribution in [0.2, 0.25) is 0 Å². The van der Waals surface area contributed by atoms with E-state index in [1.54, 1.807) is 7.11 Å². The Morgan fingerprint density at radius 2 is 2.29 bits per heavy atom. The average Bonchev–Trinajstić information content (AvgIpc) is 2.81. The Bertz CT molecular complexity index is 319. The fourth-order valence-corrected chi connectivity index (χ4v) is 2.15. The zero-order chi connectivity index (χ0) is 12.7. The number of hydrazine groups is 1. The van der Waals surface area contributed by atoms with Crippen molar-refractivity contribution >= 4 is 16.5 Å². The van der Waals surface area contributed by atoms with E-state index < -0.39 is 0 Å². The second-order valence-corrected chi connectivity index (χ2v) is 4.93. The average molecular weight is 259 g/mol. The number of hydrogen-bond donors (Lipinski definition) is 2. The number of hydrogen-bond acceptors (Lipinski definition) is 7. The quantitative estimate of drug-likeness (QED) is 0.537. The summed E-state index contributed by atoms with van der Waals surface area (Å²) < 4.78 is 5.12. The molecule has 1 atom stereocenters. The topological polar surface area (TPSA) is 76.3 Å². The highest BCUT2D eigenvalue weighted by atomic mass is 32.1. The fraction of sp³-hybridized carbons (Fsp3) is 0.800. The molecule has 0 aliphatic heterocycles. The molecule has 1 unspecified atom stereocenters. The van der Waals surface area contributed by atoms with E-state index in [2.05, 4.69) is 34.4 Å². The number of anilines is 1. The molecule has 0 aromatic carbocycles. The zero-order valence-corrected chi connectivity index (χ0v) is 11.5. The van der Waals surface area contributed by atoms with Crippen molar-refractivity contribution in [2.24, 2.45) is 5.84 Å². The molecule has 0 amide bonds. The van der Waals surface area contributed by atoms with E-state index >= 15 is 0 Å². The Morgan fingerprint density at radius 3 is 2.82 bits per heavy atom. The van der Waals surface area contributed by atoms with Crippen molar-refractivity contribution in [1.82, 2.24) is 15.1 Å². The molecule has 6 nitrogen and oxygen atoms in total. The van der Waals surface area contributed by atoms with Gasteiger partial charge in [0.2, 0.25) is 5.13 Å².